The van der Waals surface area contributed by atoms with Gasteiger partial charge in [0, 0.05) is 5.57 Å². The lowest BCUT2D eigenvalue weighted by molar-refractivity contribution is -0.139. The van der Waals surface area contributed by atoms with Crippen molar-refractivity contribution in [1.29, 1.82) is 0 Å². The van der Waals surface area contributed by atoms with Gasteiger partial charge in [-0.05, 0) is 23.1 Å². The Balaban J connectivity index is 2.97. The molecule has 0 aliphatic carbocycles. The highest BCUT2D eigenvalue weighted by Crippen LogP contribution is 2.17. The molecule has 0 aliphatic rings. The molecule has 96 valence electrons. The van der Waals surface area contributed by atoms with Crippen molar-refractivity contribution in [3.63, 3.8) is 0 Å². The second-order valence-electron chi connectivity index (χ2n) is 4.37. The summed E-state index contributed by atoms with van der Waals surface area (Å²) in [6.45, 7) is 4.13. The van der Waals surface area contributed by atoms with Crippen molar-refractivity contribution in [3.8, 4) is 0 Å². The number of hydrogen-bond acceptors (Lipinski definition) is 2. The summed E-state index contributed by atoms with van der Waals surface area (Å²) in [5.74, 6) is -1.95. The van der Waals surface area contributed by atoms with Crippen LogP contribution >= 0.6 is 0 Å². The van der Waals surface area contributed by atoms with E-state index in [1.807, 2.05) is 12.1 Å². The lowest BCUT2D eigenvalue weighted by atomic mass is 10.0. The molecule has 0 radical (unpaired) electrons. The molecule has 0 bridgehead atoms. The summed E-state index contributed by atoms with van der Waals surface area (Å²) in [5.41, 5.74) is 1.72. The van der Waals surface area contributed by atoms with Crippen LogP contribution in [0.4, 0.5) is 0 Å². The summed E-state index contributed by atoms with van der Waals surface area (Å²) in [4.78, 5) is 21.4. The van der Waals surface area contributed by atoms with Crippen LogP contribution in [0.1, 0.15) is 37.3 Å². The number of rotatable bonds is 5. The van der Waals surface area contributed by atoms with Gasteiger partial charge in [-0.3, -0.25) is 4.79 Å². The van der Waals surface area contributed by atoms with Crippen molar-refractivity contribution in [3.05, 3.63) is 41.0 Å². The molecule has 4 nitrogen and oxygen atoms in total. The van der Waals surface area contributed by atoms with Crippen LogP contribution in [0.3, 0.4) is 0 Å². The minimum absolute atomic E-state index is 0.125. The van der Waals surface area contributed by atoms with Crippen LogP contribution < -0.4 is 0 Å². The van der Waals surface area contributed by atoms with Gasteiger partial charge in [0.1, 0.15) is 0 Å². The van der Waals surface area contributed by atoms with E-state index in [4.69, 9.17) is 10.2 Å². The first-order valence-corrected chi connectivity index (χ1v) is 5.65. The Kier molecular flexibility index (Phi) is 4.66. The molecule has 0 aliphatic heterocycles. The zero-order valence-corrected chi connectivity index (χ0v) is 10.4. The first kappa shape index (κ1) is 14.0. The molecule has 0 amide bonds. The SMILES string of the molecule is CC(C)c1ccc(C=C(CC(=O)O)C(=O)O)cc1. The second kappa shape index (κ2) is 6.00. The van der Waals surface area contributed by atoms with Gasteiger partial charge in [-0.15, -0.1) is 0 Å². The average Bonchev–Trinajstić information content (AvgIpc) is 2.28. The van der Waals surface area contributed by atoms with Crippen molar-refractivity contribution in [1.82, 2.24) is 0 Å². The number of carboxylic acid groups (broad SMARTS) is 2. The number of carbonyl (C=O) groups is 2. The van der Waals surface area contributed by atoms with Crippen molar-refractivity contribution >= 4 is 18.0 Å². The largest absolute Gasteiger partial charge is 0.481 e. The van der Waals surface area contributed by atoms with E-state index in [9.17, 15) is 9.59 Å². The molecule has 0 unspecified atom stereocenters. The van der Waals surface area contributed by atoms with Gasteiger partial charge in [0.15, 0.2) is 0 Å². The van der Waals surface area contributed by atoms with E-state index in [0.717, 1.165) is 5.56 Å². The average molecular weight is 248 g/mol. The highest BCUT2D eigenvalue weighted by Gasteiger charge is 2.11. The third-order valence-electron chi connectivity index (χ3n) is 2.56. The smallest absolute Gasteiger partial charge is 0.332 e. The lowest BCUT2D eigenvalue weighted by Crippen LogP contribution is -2.06. The van der Waals surface area contributed by atoms with Gasteiger partial charge in [-0.1, -0.05) is 38.1 Å². The number of hydrogen-bond donors (Lipinski definition) is 2. The molecular weight excluding hydrogens is 232 g/mol. The molecule has 4 heteroatoms. The van der Waals surface area contributed by atoms with Gasteiger partial charge < -0.3 is 10.2 Å². The second-order valence-corrected chi connectivity index (χ2v) is 4.37. The summed E-state index contributed by atoms with van der Waals surface area (Å²) in [6.07, 6.45) is 0.905. The summed E-state index contributed by atoms with van der Waals surface area (Å²) in [6, 6.07) is 7.41. The van der Waals surface area contributed by atoms with Crippen molar-refractivity contribution in [2.45, 2.75) is 26.2 Å². The maximum Gasteiger partial charge on any atom is 0.332 e. The summed E-state index contributed by atoms with van der Waals surface area (Å²) in [5, 5.41) is 17.5. The Hall–Kier alpha value is -2.10. The zero-order chi connectivity index (χ0) is 13.7. The normalized spacial score (nSPS) is 11.6. The van der Waals surface area contributed by atoms with Gasteiger partial charge in [0.2, 0.25) is 0 Å². The first-order valence-electron chi connectivity index (χ1n) is 5.65. The third kappa shape index (κ3) is 4.05. The Morgan fingerprint density at radius 2 is 1.72 bits per heavy atom. The van der Waals surface area contributed by atoms with E-state index in [1.54, 1.807) is 12.1 Å². The molecule has 18 heavy (non-hydrogen) atoms. The van der Waals surface area contributed by atoms with Crippen molar-refractivity contribution in [2.75, 3.05) is 0 Å². The number of benzene rings is 1. The Labute approximate surface area is 106 Å². The third-order valence-corrected chi connectivity index (χ3v) is 2.56. The molecule has 1 aromatic rings. The predicted molar refractivity (Wildman–Crippen MR) is 68.4 cm³/mol. The lowest BCUT2D eigenvalue weighted by Gasteiger charge is -2.05. The van der Waals surface area contributed by atoms with E-state index >= 15 is 0 Å². The molecule has 0 saturated heterocycles. The standard InChI is InChI=1S/C14H16O4/c1-9(2)11-5-3-10(4-6-11)7-12(14(17)18)8-13(15)16/h3-7,9H,8H2,1-2H3,(H,15,16)(H,17,18). The summed E-state index contributed by atoms with van der Waals surface area (Å²) < 4.78 is 0. The minimum atomic E-state index is -1.20. The molecule has 0 heterocycles. The molecule has 0 fully saturated rings. The van der Waals surface area contributed by atoms with Gasteiger partial charge in [-0.25, -0.2) is 4.79 Å². The number of carboxylic acids is 2. The van der Waals surface area contributed by atoms with E-state index in [0.29, 0.717) is 11.5 Å². The molecule has 0 spiro atoms. The first-order chi connectivity index (χ1) is 8.40. The fourth-order valence-corrected chi connectivity index (χ4v) is 1.53. The van der Waals surface area contributed by atoms with Gasteiger partial charge in [0.05, 0.1) is 6.42 Å². The fourth-order valence-electron chi connectivity index (χ4n) is 1.53. The summed E-state index contributed by atoms with van der Waals surface area (Å²) in [7, 11) is 0. The summed E-state index contributed by atoms with van der Waals surface area (Å²) >= 11 is 0. The maximum atomic E-state index is 10.9. The van der Waals surface area contributed by atoms with E-state index < -0.39 is 18.4 Å². The molecule has 0 aromatic heterocycles. The van der Waals surface area contributed by atoms with Gasteiger partial charge in [0.25, 0.3) is 0 Å². The van der Waals surface area contributed by atoms with Crippen LogP contribution in [0.15, 0.2) is 29.8 Å². The Morgan fingerprint density at radius 3 is 2.11 bits per heavy atom. The molecule has 1 rings (SSSR count). The van der Waals surface area contributed by atoms with Crippen LogP contribution in [0.25, 0.3) is 6.08 Å². The van der Waals surface area contributed by atoms with E-state index in [-0.39, 0.29) is 5.57 Å². The molecule has 0 saturated carbocycles. The van der Waals surface area contributed by atoms with E-state index in [2.05, 4.69) is 13.8 Å². The van der Waals surface area contributed by atoms with Gasteiger partial charge >= 0.3 is 11.9 Å². The number of aliphatic carboxylic acids is 2. The predicted octanol–water partition coefficient (Wildman–Crippen LogP) is 2.75. The quantitative estimate of drug-likeness (QED) is 0.786. The van der Waals surface area contributed by atoms with Crippen LogP contribution in [0.2, 0.25) is 0 Å². The maximum absolute atomic E-state index is 10.9. The highest BCUT2D eigenvalue weighted by atomic mass is 16.4. The van der Waals surface area contributed by atoms with Gasteiger partial charge in [-0.2, -0.15) is 0 Å². The molecule has 2 N–H and O–H groups in total. The van der Waals surface area contributed by atoms with Crippen LogP contribution in [-0.4, -0.2) is 22.2 Å². The zero-order valence-electron chi connectivity index (χ0n) is 10.4. The Morgan fingerprint density at radius 1 is 1.17 bits per heavy atom. The topological polar surface area (TPSA) is 74.6 Å². The van der Waals surface area contributed by atoms with E-state index in [1.165, 1.54) is 6.08 Å². The molecular formula is C14H16O4. The molecule has 1 aromatic carbocycles. The monoisotopic (exact) mass is 248 g/mol. The molecule has 0 atom stereocenters. The minimum Gasteiger partial charge on any atom is -0.481 e. The fraction of sp³-hybridized carbons (Fsp3) is 0.286. The van der Waals surface area contributed by atoms with Crippen molar-refractivity contribution < 1.29 is 19.8 Å². The van der Waals surface area contributed by atoms with Crippen LogP contribution in [-0.2, 0) is 9.59 Å². The van der Waals surface area contributed by atoms with Crippen LogP contribution in [0, 0.1) is 0 Å². The highest BCUT2D eigenvalue weighted by molar-refractivity contribution is 5.96. The van der Waals surface area contributed by atoms with Crippen molar-refractivity contribution in [2.24, 2.45) is 0 Å². The van der Waals surface area contributed by atoms with Crippen LogP contribution in [0.5, 0.6) is 0 Å². The Bertz CT molecular complexity index is 469.